The molecule has 1 aliphatic heterocycles. The Balaban J connectivity index is 1.40. The number of pyridine rings is 1. The summed E-state index contributed by atoms with van der Waals surface area (Å²) in [6.45, 7) is 3.75. The van der Waals surface area contributed by atoms with Crippen molar-refractivity contribution in [2.45, 2.75) is 12.8 Å². The number of hydrogen-bond donors (Lipinski definition) is 0. The predicted molar refractivity (Wildman–Crippen MR) is 106 cm³/mol. The van der Waals surface area contributed by atoms with Crippen LogP contribution >= 0.6 is 0 Å². The van der Waals surface area contributed by atoms with Crippen LogP contribution in [0, 0.1) is 6.92 Å². The van der Waals surface area contributed by atoms with Crippen LogP contribution in [0.15, 0.2) is 54.7 Å². The van der Waals surface area contributed by atoms with E-state index in [1.54, 1.807) is 6.20 Å². The van der Waals surface area contributed by atoms with E-state index in [-0.39, 0.29) is 0 Å². The zero-order valence-corrected chi connectivity index (χ0v) is 15.4. The zero-order chi connectivity index (χ0) is 18.4. The fraction of sp³-hybridized carbons (Fsp3) is 0.238. The molecule has 0 spiro atoms. The number of para-hydroxylation sites is 2. The molecule has 4 heterocycles. The van der Waals surface area contributed by atoms with E-state index in [0.29, 0.717) is 5.92 Å². The maximum Gasteiger partial charge on any atom is 0.132 e. The molecule has 0 saturated carbocycles. The predicted octanol–water partition coefficient (Wildman–Crippen LogP) is 3.34. The van der Waals surface area contributed by atoms with Crippen molar-refractivity contribution < 1.29 is 0 Å². The summed E-state index contributed by atoms with van der Waals surface area (Å²) in [6, 6.07) is 16.2. The van der Waals surface area contributed by atoms with Crippen LogP contribution in [0.1, 0.15) is 17.6 Å². The van der Waals surface area contributed by atoms with Gasteiger partial charge < -0.3 is 9.47 Å². The summed E-state index contributed by atoms with van der Waals surface area (Å²) in [5.41, 5.74) is 3.98. The van der Waals surface area contributed by atoms with Crippen molar-refractivity contribution in [3.8, 4) is 11.4 Å². The van der Waals surface area contributed by atoms with Gasteiger partial charge in [0, 0.05) is 32.4 Å². The molecule has 27 heavy (non-hydrogen) atoms. The Morgan fingerprint density at radius 3 is 2.52 bits per heavy atom. The van der Waals surface area contributed by atoms with Gasteiger partial charge in [-0.05, 0) is 31.2 Å². The average Bonchev–Trinajstić information content (AvgIpc) is 2.98. The van der Waals surface area contributed by atoms with Crippen LogP contribution in [0.5, 0.6) is 0 Å². The second-order valence-electron chi connectivity index (χ2n) is 6.99. The van der Waals surface area contributed by atoms with E-state index in [0.717, 1.165) is 47.5 Å². The van der Waals surface area contributed by atoms with Crippen LogP contribution < -0.4 is 4.90 Å². The Labute approximate surface area is 157 Å². The Kier molecular flexibility index (Phi) is 3.63. The summed E-state index contributed by atoms with van der Waals surface area (Å²) in [5, 5.41) is 0. The van der Waals surface area contributed by atoms with E-state index >= 15 is 0 Å². The van der Waals surface area contributed by atoms with Crippen molar-refractivity contribution >= 4 is 16.9 Å². The molecule has 134 valence electrons. The first kappa shape index (κ1) is 15.9. The van der Waals surface area contributed by atoms with Gasteiger partial charge in [0.1, 0.15) is 17.5 Å². The minimum atomic E-state index is 0.413. The van der Waals surface area contributed by atoms with Crippen molar-refractivity contribution in [2.24, 2.45) is 7.05 Å². The number of fused-ring (bicyclic) bond motifs is 1. The zero-order valence-electron chi connectivity index (χ0n) is 15.4. The molecule has 1 fully saturated rings. The number of imidazole rings is 1. The van der Waals surface area contributed by atoms with Gasteiger partial charge in [-0.2, -0.15) is 0 Å². The molecule has 1 aromatic carbocycles. The number of hydrogen-bond acceptors (Lipinski definition) is 5. The maximum absolute atomic E-state index is 4.84. The lowest BCUT2D eigenvalue weighted by molar-refractivity contribution is 0.485. The van der Waals surface area contributed by atoms with Gasteiger partial charge in [-0.25, -0.2) is 15.0 Å². The molecule has 4 aromatic rings. The monoisotopic (exact) mass is 356 g/mol. The summed E-state index contributed by atoms with van der Waals surface area (Å²) >= 11 is 0. The van der Waals surface area contributed by atoms with Gasteiger partial charge >= 0.3 is 0 Å². The van der Waals surface area contributed by atoms with Gasteiger partial charge in [0.05, 0.1) is 28.3 Å². The Morgan fingerprint density at radius 1 is 0.926 bits per heavy atom. The third-order valence-electron chi connectivity index (χ3n) is 5.14. The minimum Gasteiger partial charge on any atom is -0.355 e. The second kappa shape index (κ2) is 6.16. The van der Waals surface area contributed by atoms with Crippen LogP contribution in [0.4, 0.5) is 5.82 Å². The van der Waals surface area contributed by atoms with Crippen LogP contribution in [-0.4, -0.2) is 37.6 Å². The standard InChI is InChI=1S/C21H20N6/c1-14-23-18(16-7-5-6-10-22-16)11-20(24-14)27-12-15(13-27)21-25-17-8-3-4-9-19(17)26(21)2/h3-11,15H,12-13H2,1-2H3. The number of rotatable bonds is 3. The summed E-state index contributed by atoms with van der Waals surface area (Å²) in [6.07, 6.45) is 1.79. The number of nitrogens with zero attached hydrogens (tertiary/aromatic N) is 6. The van der Waals surface area contributed by atoms with E-state index in [1.807, 2.05) is 37.3 Å². The Bertz CT molecular complexity index is 1110. The summed E-state index contributed by atoms with van der Waals surface area (Å²) in [7, 11) is 2.10. The van der Waals surface area contributed by atoms with E-state index in [9.17, 15) is 0 Å². The summed E-state index contributed by atoms with van der Waals surface area (Å²) < 4.78 is 2.21. The van der Waals surface area contributed by atoms with Gasteiger partial charge in [0.2, 0.25) is 0 Å². The molecule has 0 N–H and O–H groups in total. The lowest BCUT2D eigenvalue weighted by Crippen LogP contribution is -2.46. The molecule has 0 bridgehead atoms. The minimum absolute atomic E-state index is 0.413. The third-order valence-corrected chi connectivity index (χ3v) is 5.14. The fourth-order valence-electron chi connectivity index (χ4n) is 3.72. The highest BCUT2D eigenvalue weighted by molar-refractivity contribution is 5.76. The van der Waals surface area contributed by atoms with Crippen LogP contribution in [0.25, 0.3) is 22.4 Å². The van der Waals surface area contributed by atoms with Crippen molar-refractivity contribution in [2.75, 3.05) is 18.0 Å². The highest BCUT2D eigenvalue weighted by Gasteiger charge is 2.33. The topological polar surface area (TPSA) is 59.7 Å². The molecule has 6 nitrogen and oxygen atoms in total. The highest BCUT2D eigenvalue weighted by Crippen LogP contribution is 2.32. The van der Waals surface area contributed by atoms with E-state index in [1.165, 1.54) is 5.52 Å². The first-order valence-corrected chi connectivity index (χ1v) is 9.12. The maximum atomic E-state index is 4.84. The molecular weight excluding hydrogens is 336 g/mol. The molecule has 0 aliphatic carbocycles. The number of aromatic nitrogens is 5. The largest absolute Gasteiger partial charge is 0.355 e. The normalized spacial score (nSPS) is 14.5. The summed E-state index contributed by atoms with van der Waals surface area (Å²) in [4.78, 5) is 20.7. The van der Waals surface area contributed by atoms with Gasteiger partial charge in [0.25, 0.3) is 0 Å². The van der Waals surface area contributed by atoms with Gasteiger partial charge in [0.15, 0.2) is 0 Å². The van der Waals surface area contributed by atoms with Crippen molar-refractivity contribution in [3.05, 3.63) is 66.4 Å². The van der Waals surface area contributed by atoms with Gasteiger partial charge in [-0.3, -0.25) is 4.98 Å². The van der Waals surface area contributed by atoms with E-state index < -0.39 is 0 Å². The highest BCUT2D eigenvalue weighted by atomic mass is 15.3. The van der Waals surface area contributed by atoms with E-state index in [4.69, 9.17) is 4.98 Å². The lowest BCUT2D eigenvalue weighted by Gasteiger charge is -2.39. The molecule has 5 rings (SSSR count). The lowest BCUT2D eigenvalue weighted by atomic mass is 9.99. The van der Waals surface area contributed by atoms with Crippen molar-refractivity contribution in [1.29, 1.82) is 0 Å². The second-order valence-corrected chi connectivity index (χ2v) is 6.99. The first-order valence-electron chi connectivity index (χ1n) is 9.12. The Hall–Kier alpha value is -3.28. The van der Waals surface area contributed by atoms with Crippen LogP contribution in [-0.2, 0) is 7.05 Å². The number of anilines is 1. The Morgan fingerprint density at radius 2 is 1.74 bits per heavy atom. The number of benzene rings is 1. The van der Waals surface area contributed by atoms with Crippen LogP contribution in [0.2, 0.25) is 0 Å². The molecule has 3 aromatic heterocycles. The quantitative estimate of drug-likeness (QED) is 0.563. The molecule has 1 saturated heterocycles. The molecule has 6 heteroatoms. The van der Waals surface area contributed by atoms with Crippen molar-refractivity contribution in [1.82, 2.24) is 24.5 Å². The van der Waals surface area contributed by atoms with E-state index in [2.05, 4.69) is 49.7 Å². The van der Waals surface area contributed by atoms with Gasteiger partial charge in [-0.15, -0.1) is 0 Å². The fourth-order valence-corrected chi connectivity index (χ4v) is 3.72. The molecular formula is C21H20N6. The van der Waals surface area contributed by atoms with Gasteiger partial charge in [-0.1, -0.05) is 18.2 Å². The molecule has 0 amide bonds. The van der Waals surface area contributed by atoms with Crippen LogP contribution in [0.3, 0.4) is 0 Å². The molecule has 0 atom stereocenters. The smallest absolute Gasteiger partial charge is 0.132 e. The first-order chi connectivity index (χ1) is 13.2. The SMILES string of the molecule is Cc1nc(-c2ccccn2)cc(N2CC(c3nc4ccccc4n3C)C2)n1. The third kappa shape index (κ3) is 2.73. The average molecular weight is 356 g/mol. The molecule has 0 radical (unpaired) electrons. The summed E-state index contributed by atoms with van der Waals surface area (Å²) in [5.74, 6) is 3.27. The number of aryl methyl sites for hydroxylation is 2. The van der Waals surface area contributed by atoms with Crippen molar-refractivity contribution in [3.63, 3.8) is 0 Å². The molecule has 0 unspecified atom stereocenters. The molecule has 1 aliphatic rings.